The molecule has 0 spiro atoms. The summed E-state index contributed by atoms with van der Waals surface area (Å²) in [7, 11) is 0. The molecule has 9 heteroatoms. The molecule has 1 aliphatic rings. The summed E-state index contributed by atoms with van der Waals surface area (Å²) in [6, 6.07) is 5.27. The number of primary amides is 1. The number of hydrogen-bond acceptors (Lipinski definition) is 6. The zero-order chi connectivity index (χ0) is 19.1. The molecule has 1 aromatic carbocycles. The fraction of sp³-hybridized carbons (Fsp3) is 0.222. The molecule has 3 amide bonds. The topological polar surface area (TPSA) is 105 Å². The molecule has 0 aliphatic carbocycles. The fourth-order valence-corrected chi connectivity index (χ4v) is 5.17. The van der Waals surface area contributed by atoms with Crippen molar-refractivity contribution in [1.29, 1.82) is 0 Å². The Balaban J connectivity index is 1.66. The highest BCUT2D eigenvalue weighted by Crippen LogP contribution is 2.37. The lowest BCUT2D eigenvalue weighted by Crippen LogP contribution is -2.34. The van der Waals surface area contributed by atoms with Crippen molar-refractivity contribution >= 4 is 55.6 Å². The zero-order valence-electron chi connectivity index (χ0n) is 14.4. The first-order valence-corrected chi connectivity index (χ1v) is 9.98. The average molecular weight is 400 g/mol. The van der Waals surface area contributed by atoms with Crippen molar-refractivity contribution in [3.63, 3.8) is 0 Å². The second kappa shape index (κ2) is 6.75. The van der Waals surface area contributed by atoms with Crippen molar-refractivity contribution < 1.29 is 14.4 Å². The van der Waals surface area contributed by atoms with Crippen LogP contribution in [0.1, 0.15) is 38.1 Å². The maximum Gasteiger partial charge on any atom is 0.256 e. The molecule has 0 radical (unpaired) electrons. The summed E-state index contributed by atoms with van der Waals surface area (Å²) in [6.07, 6.45) is 0.548. The van der Waals surface area contributed by atoms with Gasteiger partial charge in [-0.15, -0.1) is 22.7 Å². The Morgan fingerprint density at radius 3 is 2.85 bits per heavy atom. The Bertz CT molecular complexity index is 1090. The number of benzene rings is 1. The van der Waals surface area contributed by atoms with E-state index in [-0.39, 0.29) is 11.8 Å². The first-order chi connectivity index (χ1) is 12.9. The van der Waals surface area contributed by atoms with Gasteiger partial charge in [-0.05, 0) is 30.2 Å². The van der Waals surface area contributed by atoms with E-state index in [1.54, 1.807) is 28.6 Å². The molecule has 7 nitrogen and oxygen atoms in total. The molecular weight excluding hydrogens is 384 g/mol. The van der Waals surface area contributed by atoms with Gasteiger partial charge in [0.2, 0.25) is 5.91 Å². The third kappa shape index (κ3) is 3.19. The summed E-state index contributed by atoms with van der Waals surface area (Å²) in [5, 5.41) is 3.26. The molecular formula is C18H16N4O3S2. The van der Waals surface area contributed by atoms with Crippen LogP contribution in [-0.2, 0) is 17.8 Å². The van der Waals surface area contributed by atoms with Crippen LogP contribution in [0.25, 0.3) is 10.2 Å². The molecule has 0 saturated carbocycles. The highest BCUT2D eigenvalue weighted by molar-refractivity contribution is 7.17. The highest BCUT2D eigenvalue weighted by Gasteiger charge is 2.28. The molecule has 0 saturated heterocycles. The van der Waals surface area contributed by atoms with Gasteiger partial charge >= 0.3 is 0 Å². The highest BCUT2D eigenvalue weighted by atomic mass is 32.1. The first kappa shape index (κ1) is 17.6. The van der Waals surface area contributed by atoms with Gasteiger partial charge in [-0.3, -0.25) is 14.4 Å². The molecule has 0 atom stereocenters. The predicted octanol–water partition coefficient (Wildman–Crippen LogP) is 2.61. The number of rotatable bonds is 3. The largest absolute Gasteiger partial charge is 0.365 e. The third-order valence-electron chi connectivity index (χ3n) is 4.57. The minimum Gasteiger partial charge on any atom is -0.365 e. The summed E-state index contributed by atoms with van der Waals surface area (Å²) < 4.78 is 0.917. The maximum atomic E-state index is 12.7. The SMILES string of the molecule is CC(=O)N1CCc2c(sc(NC(=O)c3ccc4ncsc4c3)c2C(N)=O)C1. The monoisotopic (exact) mass is 400 g/mol. The van der Waals surface area contributed by atoms with E-state index < -0.39 is 5.91 Å². The lowest BCUT2D eigenvalue weighted by Gasteiger charge is -2.25. The van der Waals surface area contributed by atoms with Crippen LogP contribution in [0.4, 0.5) is 5.00 Å². The van der Waals surface area contributed by atoms with Gasteiger partial charge < -0.3 is 16.0 Å². The predicted molar refractivity (Wildman–Crippen MR) is 105 cm³/mol. The normalized spacial score (nSPS) is 13.4. The van der Waals surface area contributed by atoms with Gasteiger partial charge in [0, 0.05) is 23.9 Å². The Labute approximate surface area is 162 Å². The van der Waals surface area contributed by atoms with Crippen molar-refractivity contribution in [2.75, 3.05) is 11.9 Å². The van der Waals surface area contributed by atoms with E-state index in [4.69, 9.17) is 5.73 Å². The van der Waals surface area contributed by atoms with Gasteiger partial charge in [-0.2, -0.15) is 0 Å². The summed E-state index contributed by atoms with van der Waals surface area (Å²) in [4.78, 5) is 43.2. The number of aromatic nitrogens is 1. The van der Waals surface area contributed by atoms with E-state index in [0.717, 1.165) is 20.7 Å². The number of thiophene rings is 1. The number of nitrogens with one attached hydrogen (secondary N) is 1. The quantitative estimate of drug-likeness (QED) is 0.705. The minimum absolute atomic E-state index is 0.0156. The van der Waals surface area contributed by atoms with Gasteiger partial charge in [0.05, 0.1) is 27.8 Å². The van der Waals surface area contributed by atoms with E-state index in [1.165, 1.54) is 29.6 Å². The molecule has 1 aliphatic heterocycles. The zero-order valence-corrected chi connectivity index (χ0v) is 16.1. The Hall–Kier alpha value is -2.78. The third-order valence-corrected chi connectivity index (χ3v) is 6.49. The Morgan fingerprint density at radius 1 is 1.30 bits per heavy atom. The number of nitrogens with two attached hydrogens (primary N) is 1. The molecule has 3 heterocycles. The van der Waals surface area contributed by atoms with Crippen LogP contribution in [0.2, 0.25) is 0 Å². The van der Waals surface area contributed by atoms with E-state index in [1.807, 2.05) is 0 Å². The van der Waals surface area contributed by atoms with E-state index in [9.17, 15) is 14.4 Å². The van der Waals surface area contributed by atoms with Crippen molar-refractivity contribution in [3.8, 4) is 0 Å². The lowest BCUT2D eigenvalue weighted by molar-refractivity contribution is -0.129. The number of fused-ring (bicyclic) bond motifs is 2. The molecule has 0 fully saturated rings. The average Bonchev–Trinajstić information content (AvgIpc) is 3.23. The first-order valence-electron chi connectivity index (χ1n) is 8.28. The molecule has 0 unspecified atom stereocenters. The van der Waals surface area contributed by atoms with Crippen molar-refractivity contribution in [3.05, 3.63) is 45.3 Å². The van der Waals surface area contributed by atoms with Crippen LogP contribution in [0.5, 0.6) is 0 Å². The van der Waals surface area contributed by atoms with Crippen LogP contribution in [0.3, 0.4) is 0 Å². The van der Waals surface area contributed by atoms with Crippen molar-refractivity contribution in [2.24, 2.45) is 5.73 Å². The van der Waals surface area contributed by atoms with E-state index in [2.05, 4.69) is 10.3 Å². The van der Waals surface area contributed by atoms with Crippen LogP contribution in [-0.4, -0.2) is 34.2 Å². The van der Waals surface area contributed by atoms with Crippen LogP contribution in [0.15, 0.2) is 23.7 Å². The molecule has 3 aromatic rings. The van der Waals surface area contributed by atoms with Gasteiger partial charge in [-0.25, -0.2) is 4.98 Å². The maximum absolute atomic E-state index is 12.7. The van der Waals surface area contributed by atoms with Crippen molar-refractivity contribution in [1.82, 2.24) is 9.88 Å². The lowest BCUT2D eigenvalue weighted by atomic mass is 10.0. The van der Waals surface area contributed by atoms with E-state index >= 15 is 0 Å². The summed E-state index contributed by atoms with van der Waals surface area (Å²) in [5.74, 6) is -0.898. The van der Waals surface area contributed by atoms with E-state index in [0.29, 0.717) is 35.6 Å². The molecule has 0 bridgehead atoms. The van der Waals surface area contributed by atoms with Gasteiger partial charge in [0.1, 0.15) is 5.00 Å². The molecule has 138 valence electrons. The number of amides is 3. The number of carbonyl (C=O) groups is 3. The molecule has 3 N–H and O–H groups in total. The number of thiazole rings is 1. The Kier molecular flexibility index (Phi) is 4.40. The van der Waals surface area contributed by atoms with Crippen LogP contribution in [0, 0.1) is 0 Å². The Morgan fingerprint density at radius 2 is 2.11 bits per heavy atom. The standard InChI is InChI=1S/C18H16N4O3S2/c1-9(23)22-5-4-11-14(7-22)27-18(15(11)16(19)24)21-17(25)10-2-3-12-13(6-10)26-8-20-12/h2-3,6,8H,4-5,7H2,1H3,(H2,19,24)(H,21,25). The van der Waals surface area contributed by atoms with Gasteiger partial charge in [-0.1, -0.05) is 0 Å². The molecule has 27 heavy (non-hydrogen) atoms. The summed E-state index contributed by atoms with van der Waals surface area (Å²) in [6.45, 7) is 2.49. The summed E-state index contributed by atoms with van der Waals surface area (Å²) in [5.41, 5.74) is 9.82. The minimum atomic E-state index is -0.572. The second-order valence-corrected chi connectivity index (χ2v) is 8.24. The molecule has 4 rings (SSSR count). The fourth-order valence-electron chi connectivity index (χ4n) is 3.19. The smallest absolute Gasteiger partial charge is 0.256 e. The van der Waals surface area contributed by atoms with Crippen LogP contribution < -0.4 is 11.1 Å². The number of carbonyl (C=O) groups excluding carboxylic acids is 3. The second-order valence-electron chi connectivity index (χ2n) is 6.25. The van der Waals surface area contributed by atoms with Gasteiger partial charge in [0.15, 0.2) is 0 Å². The number of anilines is 1. The van der Waals surface area contributed by atoms with Crippen LogP contribution >= 0.6 is 22.7 Å². The van der Waals surface area contributed by atoms with Crippen molar-refractivity contribution in [2.45, 2.75) is 19.9 Å². The number of nitrogens with zero attached hydrogens (tertiary/aromatic N) is 2. The summed E-state index contributed by atoms with van der Waals surface area (Å²) >= 11 is 2.76. The number of hydrogen-bond donors (Lipinski definition) is 2. The van der Waals surface area contributed by atoms with Gasteiger partial charge in [0.25, 0.3) is 11.8 Å². The molecule has 2 aromatic heterocycles.